The van der Waals surface area contributed by atoms with Gasteiger partial charge in [0.25, 0.3) is 0 Å². The van der Waals surface area contributed by atoms with Gasteiger partial charge < -0.3 is 0 Å². The zero-order chi connectivity index (χ0) is 7.49. The van der Waals surface area contributed by atoms with Crippen LogP contribution in [-0.4, -0.2) is 11.1 Å². The molecule has 0 aliphatic rings. The molecule has 3 nitrogen and oxygen atoms in total. The normalized spacial score (nSPS) is 12.3. The molecule has 0 bridgehead atoms. The third-order valence-corrected chi connectivity index (χ3v) is 0.385. The molecule has 0 heterocycles. The first-order valence-electron chi connectivity index (χ1n) is 1.81. The summed E-state index contributed by atoms with van der Waals surface area (Å²) in [6, 6.07) is 0. The zero-order valence-corrected chi connectivity index (χ0v) is 4.05. The lowest BCUT2D eigenvalue weighted by Crippen LogP contribution is -2.02. The second-order valence-corrected chi connectivity index (χ2v) is 1.14. The Labute approximate surface area is 47.9 Å². The van der Waals surface area contributed by atoms with E-state index in [1.165, 1.54) is 0 Å². The Morgan fingerprint density at radius 3 is 2.00 bits per heavy atom. The van der Waals surface area contributed by atoms with Crippen molar-refractivity contribution in [1.29, 1.82) is 0 Å². The van der Waals surface area contributed by atoms with E-state index >= 15 is 0 Å². The molecule has 52 valence electrons. The lowest BCUT2D eigenvalue weighted by molar-refractivity contribution is -0.403. The van der Waals surface area contributed by atoms with Gasteiger partial charge in [-0.05, 0) is 0 Å². The second-order valence-electron chi connectivity index (χ2n) is 1.14. The van der Waals surface area contributed by atoms with Gasteiger partial charge in [-0.1, -0.05) is 0 Å². The van der Waals surface area contributed by atoms with Crippen LogP contribution in [0.5, 0.6) is 0 Å². The summed E-state index contributed by atoms with van der Waals surface area (Å²) in [6.07, 6.45) is -5.18. The van der Waals surface area contributed by atoms with E-state index in [2.05, 4.69) is 0 Å². The van der Waals surface area contributed by atoms with Crippen molar-refractivity contribution in [3.8, 4) is 0 Å². The molecule has 0 amide bonds. The van der Waals surface area contributed by atoms with E-state index in [9.17, 15) is 23.3 Å². The maximum Gasteiger partial charge on any atom is 0.415 e. The van der Waals surface area contributed by atoms with Gasteiger partial charge in [-0.15, -0.1) is 0 Å². The van der Waals surface area contributed by atoms with Crippen LogP contribution in [0.1, 0.15) is 0 Å². The number of alkyl halides is 3. The van der Waals surface area contributed by atoms with E-state index in [-0.39, 0.29) is 6.20 Å². The number of hydrogen-bond donors (Lipinski definition) is 0. The Kier molecular flexibility index (Phi) is 2.18. The minimum absolute atomic E-state index is 0.153. The Morgan fingerprint density at radius 1 is 1.44 bits per heavy atom. The molecule has 0 aromatic rings. The van der Waals surface area contributed by atoms with Crippen molar-refractivity contribution in [2.75, 3.05) is 0 Å². The van der Waals surface area contributed by atoms with E-state index in [0.717, 1.165) is 0 Å². The van der Waals surface area contributed by atoms with Crippen LogP contribution in [0.4, 0.5) is 13.2 Å². The van der Waals surface area contributed by atoms with E-state index < -0.39 is 17.2 Å². The summed E-state index contributed by atoms with van der Waals surface area (Å²) < 4.78 is 33.1. The van der Waals surface area contributed by atoms with Crippen LogP contribution in [0.3, 0.4) is 0 Å². The average Bonchev–Trinajstić information content (AvgIpc) is 1.59. The third kappa shape index (κ3) is 6.93. The maximum absolute atomic E-state index is 11.0. The fourth-order valence-corrected chi connectivity index (χ4v) is 0.145. The van der Waals surface area contributed by atoms with E-state index in [0.29, 0.717) is 0 Å². The quantitative estimate of drug-likeness (QED) is 0.408. The van der Waals surface area contributed by atoms with Crippen molar-refractivity contribution < 1.29 is 18.1 Å². The van der Waals surface area contributed by atoms with Crippen LogP contribution >= 0.6 is 0 Å². The minimum Gasteiger partial charge on any atom is -0.259 e. The molecule has 0 aromatic carbocycles. The van der Waals surface area contributed by atoms with Gasteiger partial charge in [0.2, 0.25) is 6.20 Å². The van der Waals surface area contributed by atoms with Crippen molar-refractivity contribution in [2.24, 2.45) is 0 Å². The fourth-order valence-electron chi connectivity index (χ4n) is 0.145. The van der Waals surface area contributed by atoms with E-state index in [1.807, 2.05) is 0 Å². The van der Waals surface area contributed by atoms with Crippen LogP contribution in [0.15, 0.2) is 12.3 Å². The molecule has 9 heavy (non-hydrogen) atoms. The molecule has 0 atom stereocenters. The predicted molar refractivity (Wildman–Crippen MR) is 22.2 cm³/mol. The topological polar surface area (TPSA) is 43.1 Å². The van der Waals surface area contributed by atoms with Crippen LogP contribution in [0, 0.1) is 10.1 Å². The molecule has 0 aromatic heterocycles. The molecular formula is C3H2F3NO2. The van der Waals surface area contributed by atoms with Crippen LogP contribution < -0.4 is 0 Å². The predicted octanol–water partition coefficient (Wildman–Crippen LogP) is 1.34. The first-order valence-corrected chi connectivity index (χ1v) is 1.81. The molecule has 0 aliphatic carbocycles. The van der Waals surface area contributed by atoms with Crippen molar-refractivity contribution in [3.63, 3.8) is 0 Å². The molecule has 0 saturated heterocycles. The van der Waals surface area contributed by atoms with Gasteiger partial charge in [-0.2, -0.15) is 13.2 Å². The maximum atomic E-state index is 11.0. The second kappa shape index (κ2) is 2.47. The highest BCUT2D eigenvalue weighted by molar-refractivity contribution is 4.81. The number of hydrogen-bond acceptors (Lipinski definition) is 2. The molecule has 0 saturated carbocycles. The molecule has 6 heteroatoms. The Balaban J connectivity index is 3.86. The van der Waals surface area contributed by atoms with Crippen LogP contribution in [-0.2, 0) is 0 Å². The van der Waals surface area contributed by atoms with Gasteiger partial charge in [0, 0.05) is 0 Å². The average molecular weight is 141 g/mol. The molecule has 0 radical (unpaired) electrons. The molecular weight excluding hydrogens is 139 g/mol. The minimum atomic E-state index is -4.59. The van der Waals surface area contributed by atoms with Gasteiger partial charge in [0.05, 0.1) is 11.0 Å². The highest BCUT2D eigenvalue weighted by Crippen LogP contribution is 2.15. The smallest absolute Gasteiger partial charge is 0.259 e. The lowest BCUT2D eigenvalue weighted by atomic mass is 10.6. The zero-order valence-electron chi connectivity index (χ0n) is 4.05. The van der Waals surface area contributed by atoms with Gasteiger partial charge in [0.15, 0.2) is 0 Å². The number of nitrogens with zero attached hydrogens (tertiary/aromatic N) is 1. The largest absolute Gasteiger partial charge is 0.415 e. The van der Waals surface area contributed by atoms with E-state index in [1.54, 1.807) is 0 Å². The molecule has 0 unspecified atom stereocenters. The highest BCUT2D eigenvalue weighted by Gasteiger charge is 2.23. The van der Waals surface area contributed by atoms with Crippen LogP contribution in [0.2, 0.25) is 0 Å². The van der Waals surface area contributed by atoms with Crippen LogP contribution in [0.25, 0.3) is 0 Å². The Bertz CT molecular complexity index is 138. The SMILES string of the molecule is O=[N+]([O-])/C=C\C(F)(F)F. The molecule has 0 aliphatic heterocycles. The monoisotopic (exact) mass is 141 g/mol. The highest BCUT2D eigenvalue weighted by atomic mass is 19.4. The summed E-state index contributed by atoms with van der Waals surface area (Å²) in [4.78, 5) is 8.09. The number of allylic oxidation sites excluding steroid dienone is 1. The standard InChI is InChI=1S/C3H2F3NO2/c4-3(5,6)1-2-7(8)9/h1-2H/b2-1-. The molecule has 0 fully saturated rings. The number of halogens is 3. The van der Waals surface area contributed by atoms with Gasteiger partial charge in [0.1, 0.15) is 0 Å². The third-order valence-electron chi connectivity index (χ3n) is 0.385. The summed E-state index contributed by atoms with van der Waals surface area (Å²) in [5, 5.41) is 9.26. The van der Waals surface area contributed by atoms with Crippen molar-refractivity contribution in [2.45, 2.75) is 6.18 Å². The van der Waals surface area contributed by atoms with E-state index in [4.69, 9.17) is 0 Å². The number of nitro groups is 1. The Morgan fingerprint density at radius 2 is 1.89 bits per heavy atom. The summed E-state index contributed by atoms with van der Waals surface area (Å²) in [6.45, 7) is 0. The first-order chi connectivity index (χ1) is 3.92. The van der Waals surface area contributed by atoms with Gasteiger partial charge >= 0.3 is 6.18 Å². The number of rotatable bonds is 1. The first kappa shape index (κ1) is 7.93. The summed E-state index contributed by atoms with van der Waals surface area (Å²) in [7, 11) is 0. The van der Waals surface area contributed by atoms with Crippen molar-refractivity contribution in [1.82, 2.24) is 0 Å². The summed E-state index contributed by atoms with van der Waals surface area (Å²) in [5.41, 5.74) is 0. The molecule has 0 N–H and O–H groups in total. The summed E-state index contributed by atoms with van der Waals surface area (Å²) in [5.74, 6) is 0. The lowest BCUT2D eigenvalue weighted by Gasteiger charge is -1.92. The summed E-state index contributed by atoms with van der Waals surface area (Å²) >= 11 is 0. The fraction of sp³-hybridized carbons (Fsp3) is 0.333. The van der Waals surface area contributed by atoms with Crippen molar-refractivity contribution in [3.05, 3.63) is 22.4 Å². The van der Waals surface area contributed by atoms with Gasteiger partial charge in [-0.25, -0.2) is 0 Å². The van der Waals surface area contributed by atoms with Crippen molar-refractivity contribution >= 4 is 0 Å². The van der Waals surface area contributed by atoms with Gasteiger partial charge in [-0.3, -0.25) is 10.1 Å². The Hall–Kier alpha value is -1.07. The molecule has 0 rings (SSSR count). The molecule has 0 spiro atoms.